The molecule has 1 aromatic heterocycles. The Kier molecular flexibility index (Phi) is 4.14. The molecule has 102 valence electrons. The summed E-state index contributed by atoms with van der Waals surface area (Å²) in [5.41, 5.74) is 1.76. The smallest absolute Gasteiger partial charge is 0.335 e. The SMILES string of the molecule is Cc1cc(NC(=O)c2cncc(Br)c2)ccc1C(=O)O. The number of carbonyl (C=O) groups excluding carboxylic acids is 1. The molecule has 0 aliphatic carbocycles. The van der Waals surface area contributed by atoms with Gasteiger partial charge in [-0.15, -0.1) is 0 Å². The number of anilines is 1. The third kappa shape index (κ3) is 3.21. The molecule has 0 radical (unpaired) electrons. The van der Waals surface area contributed by atoms with Gasteiger partial charge in [0, 0.05) is 22.6 Å². The van der Waals surface area contributed by atoms with E-state index in [-0.39, 0.29) is 11.5 Å². The number of benzene rings is 1. The van der Waals surface area contributed by atoms with Crippen molar-refractivity contribution in [2.45, 2.75) is 6.92 Å². The van der Waals surface area contributed by atoms with Gasteiger partial charge in [0.05, 0.1) is 11.1 Å². The van der Waals surface area contributed by atoms with Gasteiger partial charge in [0.15, 0.2) is 0 Å². The Morgan fingerprint density at radius 1 is 1.25 bits per heavy atom. The molecule has 0 spiro atoms. The first kappa shape index (κ1) is 14.2. The lowest BCUT2D eigenvalue weighted by atomic mass is 10.1. The minimum absolute atomic E-state index is 0.215. The van der Waals surface area contributed by atoms with Crippen molar-refractivity contribution in [3.05, 3.63) is 57.8 Å². The van der Waals surface area contributed by atoms with Gasteiger partial charge in [0.1, 0.15) is 0 Å². The molecule has 0 bridgehead atoms. The van der Waals surface area contributed by atoms with Crippen LogP contribution in [0.4, 0.5) is 5.69 Å². The number of carboxylic acids is 1. The predicted molar refractivity (Wildman–Crippen MR) is 78.0 cm³/mol. The first-order valence-electron chi connectivity index (χ1n) is 5.73. The maximum Gasteiger partial charge on any atom is 0.335 e. The highest BCUT2D eigenvalue weighted by molar-refractivity contribution is 9.10. The Morgan fingerprint density at radius 2 is 2.00 bits per heavy atom. The Labute approximate surface area is 123 Å². The molecule has 0 saturated heterocycles. The Bertz CT molecular complexity index is 686. The Hall–Kier alpha value is -2.21. The van der Waals surface area contributed by atoms with Gasteiger partial charge in [-0.2, -0.15) is 0 Å². The van der Waals surface area contributed by atoms with Crippen molar-refractivity contribution in [3.8, 4) is 0 Å². The molecule has 0 aliphatic rings. The maximum absolute atomic E-state index is 12.0. The van der Waals surface area contributed by atoms with E-state index in [4.69, 9.17) is 5.11 Å². The number of carbonyl (C=O) groups is 2. The summed E-state index contributed by atoms with van der Waals surface area (Å²) in [6.07, 6.45) is 3.04. The molecule has 5 nitrogen and oxygen atoms in total. The zero-order valence-corrected chi connectivity index (χ0v) is 12.1. The summed E-state index contributed by atoms with van der Waals surface area (Å²) in [5, 5.41) is 11.6. The number of aryl methyl sites for hydroxylation is 1. The molecule has 1 heterocycles. The summed E-state index contributed by atoms with van der Waals surface area (Å²) in [6, 6.07) is 6.29. The van der Waals surface area contributed by atoms with Crippen LogP contribution in [0.25, 0.3) is 0 Å². The van der Waals surface area contributed by atoms with E-state index in [0.717, 1.165) is 0 Å². The summed E-state index contributed by atoms with van der Waals surface area (Å²) in [5.74, 6) is -1.29. The predicted octanol–water partition coefficient (Wildman–Crippen LogP) is 3.10. The van der Waals surface area contributed by atoms with Crippen LogP contribution in [0, 0.1) is 6.92 Å². The highest BCUT2D eigenvalue weighted by Gasteiger charge is 2.10. The largest absolute Gasteiger partial charge is 0.478 e. The zero-order valence-electron chi connectivity index (χ0n) is 10.6. The molecule has 0 unspecified atom stereocenters. The van der Waals surface area contributed by atoms with Crippen molar-refractivity contribution < 1.29 is 14.7 Å². The minimum Gasteiger partial charge on any atom is -0.478 e. The van der Waals surface area contributed by atoms with Crippen LogP contribution < -0.4 is 5.32 Å². The lowest BCUT2D eigenvalue weighted by molar-refractivity contribution is 0.0696. The van der Waals surface area contributed by atoms with Crippen molar-refractivity contribution in [1.82, 2.24) is 4.98 Å². The Morgan fingerprint density at radius 3 is 2.60 bits per heavy atom. The number of hydrogen-bond donors (Lipinski definition) is 2. The quantitative estimate of drug-likeness (QED) is 0.903. The lowest BCUT2D eigenvalue weighted by Crippen LogP contribution is -2.12. The number of rotatable bonds is 3. The molecule has 0 saturated carbocycles. The number of halogens is 1. The first-order valence-corrected chi connectivity index (χ1v) is 6.52. The van der Waals surface area contributed by atoms with Crippen LogP contribution in [0.1, 0.15) is 26.3 Å². The number of amides is 1. The number of nitrogens with one attached hydrogen (secondary N) is 1. The summed E-state index contributed by atoms with van der Waals surface area (Å²) < 4.78 is 0.711. The van der Waals surface area contributed by atoms with Crippen LogP contribution >= 0.6 is 15.9 Å². The molecule has 0 fully saturated rings. The minimum atomic E-state index is -0.989. The number of aromatic carboxylic acids is 1. The average Bonchev–Trinajstić information content (AvgIpc) is 2.38. The fourth-order valence-electron chi connectivity index (χ4n) is 1.72. The third-order valence-corrected chi connectivity index (χ3v) is 3.12. The first-order chi connectivity index (χ1) is 9.47. The highest BCUT2D eigenvalue weighted by atomic mass is 79.9. The molecule has 0 atom stereocenters. The van der Waals surface area contributed by atoms with E-state index in [0.29, 0.717) is 21.3 Å². The summed E-state index contributed by atoms with van der Waals surface area (Å²) >= 11 is 3.25. The highest BCUT2D eigenvalue weighted by Crippen LogP contribution is 2.17. The second-order valence-corrected chi connectivity index (χ2v) is 5.10. The number of nitrogens with zero attached hydrogens (tertiary/aromatic N) is 1. The van der Waals surface area contributed by atoms with Gasteiger partial charge in [0.25, 0.3) is 5.91 Å². The Balaban J connectivity index is 2.20. The fraction of sp³-hybridized carbons (Fsp3) is 0.0714. The topological polar surface area (TPSA) is 79.3 Å². The van der Waals surface area contributed by atoms with E-state index in [1.165, 1.54) is 12.3 Å². The summed E-state index contributed by atoms with van der Waals surface area (Å²) in [7, 11) is 0. The van der Waals surface area contributed by atoms with Gasteiger partial charge in [-0.3, -0.25) is 9.78 Å². The van der Waals surface area contributed by atoms with E-state index >= 15 is 0 Å². The standard InChI is InChI=1S/C14H11BrN2O3/c1-8-4-11(2-3-12(8)14(19)20)17-13(18)9-5-10(15)7-16-6-9/h2-7H,1H3,(H,17,18)(H,19,20). The van der Waals surface area contributed by atoms with Gasteiger partial charge in [-0.25, -0.2) is 4.79 Å². The lowest BCUT2D eigenvalue weighted by Gasteiger charge is -2.07. The van der Waals surface area contributed by atoms with E-state index in [9.17, 15) is 9.59 Å². The van der Waals surface area contributed by atoms with Crippen molar-refractivity contribution in [3.63, 3.8) is 0 Å². The monoisotopic (exact) mass is 334 g/mol. The van der Waals surface area contributed by atoms with Crippen LogP contribution in [0.2, 0.25) is 0 Å². The van der Waals surface area contributed by atoms with Crippen LogP contribution in [0.5, 0.6) is 0 Å². The molecular weight excluding hydrogens is 324 g/mol. The molecule has 20 heavy (non-hydrogen) atoms. The molecule has 6 heteroatoms. The maximum atomic E-state index is 12.0. The van der Waals surface area contributed by atoms with Crippen LogP contribution in [0.15, 0.2) is 41.1 Å². The van der Waals surface area contributed by atoms with Crippen molar-refractivity contribution >= 4 is 33.5 Å². The van der Waals surface area contributed by atoms with E-state index in [1.807, 2.05) is 0 Å². The molecule has 1 aromatic carbocycles. The number of carboxylic acid groups (broad SMARTS) is 1. The van der Waals surface area contributed by atoms with Crippen LogP contribution in [0.3, 0.4) is 0 Å². The normalized spacial score (nSPS) is 10.1. The summed E-state index contributed by atoms with van der Waals surface area (Å²) in [4.78, 5) is 26.8. The zero-order chi connectivity index (χ0) is 14.7. The van der Waals surface area contributed by atoms with Gasteiger partial charge in [-0.1, -0.05) is 0 Å². The van der Waals surface area contributed by atoms with E-state index in [1.54, 1.807) is 31.3 Å². The van der Waals surface area contributed by atoms with Gasteiger partial charge >= 0.3 is 5.97 Å². The van der Waals surface area contributed by atoms with Crippen LogP contribution in [-0.4, -0.2) is 22.0 Å². The van der Waals surface area contributed by atoms with Crippen molar-refractivity contribution in [2.24, 2.45) is 0 Å². The van der Waals surface area contributed by atoms with Gasteiger partial charge in [0.2, 0.25) is 0 Å². The number of pyridine rings is 1. The molecule has 1 amide bonds. The molecular formula is C14H11BrN2O3. The van der Waals surface area contributed by atoms with E-state index in [2.05, 4.69) is 26.2 Å². The molecule has 2 rings (SSSR count). The third-order valence-electron chi connectivity index (χ3n) is 2.68. The fourth-order valence-corrected chi connectivity index (χ4v) is 2.09. The van der Waals surface area contributed by atoms with Crippen molar-refractivity contribution in [1.29, 1.82) is 0 Å². The second-order valence-electron chi connectivity index (χ2n) is 4.18. The second kappa shape index (κ2) is 5.83. The molecule has 2 aromatic rings. The van der Waals surface area contributed by atoms with Gasteiger partial charge in [-0.05, 0) is 52.7 Å². The number of hydrogen-bond acceptors (Lipinski definition) is 3. The van der Waals surface area contributed by atoms with Gasteiger partial charge < -0.3 is 10.4 Å². The van der Waals surface area contributed by atoms with Crippen molar-refractivity contribution in [2.75, 3.05) is 5.32 Å². The van der Waals surface area contributed by atoms with Crippen LogP contribution in [-0.2, 0) is 0 Å². The average molecular weight is 335 g/mol. The molecule has 0 aliphatic heterocycles. The number of aromatic nitrogens is 1. The van der Waals surface area contributed by atoms with E-state index < -0.39 is 5.97 Å². The summed E-state index contributed by atoms with van der Waals surface area (Å²) in [6.45, 7) is 1.68. The molecule has 2 N–H and O–H groups in total.